The highest BCUT2D eigenvalue weighted by atomic mass is 16.2. The number of carbonyl (C=O) groups is 2. The highest BCUT2D eigenvalue weighted by Crippen LogP contribution is 2.04. The van der Waals surface area contributed by atoms with Crippen LogP contribution in [0.4, 0.5) is 0 Å². The molecule has 0 atom stereocenters. The van der Waals surface area contributed by atoms with E-state index in [2.05, 4.69) is 20.5 Å². The van der Waals surface area contributed by atoms with Gasteiger partial charge in [0.15, 0.2) is 0 Å². The Labute approximate surface area is 148 Å². The van der Waals surface area contributed by atoms with Gasteiger partial charge >= 0.3 is 0 Å². The predicted molar refractivity (Wildman–Crippen MR) is 97.4 cm³/mol. The topological polar surface area (TPSA) is 74.3 Å². The first-order chi connectivity index (χ1) is 12.1. The second kappa shape index (κ2) is 9.54. The number of pyridine rings is 1. The van der Waals surface area contributed by atoms with Crippen LogP contribution in [0.5, 0.6) is 0 Å². The van der Waals surface area contributed by atoms with Crippen LogP contribution < -0.4 is 10.6 Å². The van der Waals surface area contributed by atoms with Gasteiger partial charge in [-0.05, 0) is 38.7 Å². The maximum Gasteiger partial charge on any atom is 0.253 e. The van der Waals surface area contributed by atoms with Crippen LogP contribution >= 0.6 is 0 Å². The van der Waals surface area contributed by atoms with E-state index >= 15 is 0 Å². The summed E-state index contributed by atoms with van der Waals surface area (Å²) in [5.74, 6) is -0.470. The molecule has 0 saturated heterocycles. The van der Waals surface area contributed by atoms with Crippen molar-refractivity contribution in [3.8, 4) is 0 Å². The van der Waals surface area contributed by atoms with Crippen LogP contribution in [0.15, 0.2) is 48.8 Å². The van der Waals surface area contributed by atoms with Gasteiger partial charge in [0, 0.05) is 25.5 Å². The molecule has 0 aliphatic carbocycles. The number of hydrogen-bond donors (Lipinski definition) is 2. The summed E-state index contributed by atoms with van der Waals surface area (Å²) >= 11 is 0. The molecule has 0 saturated carbocycles. The molecule has 0 radical (unpaired) electrons. The van der Waals surface area contributed by atoms with Crippen molar-refractivity contribution >= 4 is 11.8 Å². The highest BCUT2D eigenvalue weighted by Gasteiger charge is 2.11. The van der Waals surface area contributed by atoms with Gasteiger partial charge in [0.1, 0.15) is 0 Å². The van der Waals surface area contributed by atoms with Gasteiger partial charge in [0.05, 0.1) is 11.1 Å². The summed E-state index contributed by atoms with van der Waals surface area (Å²) in [7, 11) is 3.98. The van der Waals surface area contributed by atoms with Crippen molar-refractivity contribution in [2.45, 2.75) is 13.0 Å². The van der Waals surface area contributed by atoms with Gasteiger partial charge in [-0.3, -0.25) is 14.6 Å². The molecule has 0 spiro atoms. The first kappa shape index (κ1) is 18.6. The van der Waals surface area contributed by atoms with Crippen LogP contribution in [0.25, 0.3) is 0 Å². The van der Waals surface area contributed by atoms with E-state index in [1.807, 2.05) is 44.4 Å². The maximum absolute atomic E-state index is 12.2. The Morgan fingerprint density at radius 3 is 2.28 bits per heavy atom. The zero-order chi connectivity index (χ0) is 18.1. The minimum absolute atomic E-state index is 0.219. The average molecular weight is 340 g/mol. The quantitative estimate of drug-likeness (QED) is 0.717. The van der Waals surface area contributed by atoms with Crippen molar-refractivity contribution in [3.05, 3.63) is 65.5 Å². The number of carbonyl (C=O) groups excluding carboxylic acids is 2. The molecule has 0 aliphatic rings. The lowest BCUT2D eigenvalue weighted by molar-refractivity contribution is 0.0950. The van der Waals surface area contributed by atoms with E-state index in [1.54, 1.807) is 6.07 Å². The van der Waals surface area contributed by atoms with Gasteiger partial charge < -0.3 is 15.5 Å². The van der Waals surface area contributed by atoms with E-state index in [9.17, 15) is 9.59 Å². The van der Waals surface area contributed by atoms with Gasteiger partial charge in [-0.2, -0.15) is 0 Å². The van der Waals surface area contributed by atoms with E-state index in [0.29, 0.717) is 24.2 Å². The monoisotopic (exact) mass is 340 g/mol. The summed E-state index contributed by atoms with van der Waals surface area (Å²) in [4.78, 5) is 30.5. The Balaban J connectivity index is 1.88. The van der Waals surface area contributed by atoms with Crippen LogP contribution in [0.1, 0.15) is 32.7 Å². The Bertz CT molecular complexity index is 702. The molecular weight excluding hydrogens is 316 g/mol. The van der Waals surface area contributed by atoms with Crippen LogP contribution in [0.3, 0.4) is 0 Å². The van der Waals surface area contributed by atoms with E-state index in [4.69, 9.17) is 0 Å². The van der Waals surface area contributed by atoms with Crippen LogP contribution in [0, 0.1) is 0 Å². The van der Waals surface area contributed by atoms with Gasteiger partial charge in [0.25, 0.3) is 11.8 Å². The minimum atomic E-state index is -0.251. The summed E-state index contributed by atoms with van der Waals surface area (Å²) in [6.45, 7) is 1.92. The SMILES string of the molecule is CN(C)CCCNC(=O)c1cncc(C(=O)NCc2ccccc2)c1. The van der Waals surface area contributed by atoms with Gasteiger partial charge in [0.2, 0.25) is 0 Å². The van der Waals surface area contributed by atoms with Gasteiger partial charge in [-0.1, -0.05) is 30.3 Å². The molecule has 0 bridgehead atoms. The molecular formula is C19H24N4O2. The third kappa shape index (κ3) is 6.35. The fraction of sp³-hybridized carbons (Fsp3) is 0.316. The third-order valence-corrected chi connectivity index (χ3v) is 3.63. The average Bonchev–Trinajstić information content (AvgIpc) is 2.64. The van der Waals surface area contributed by atoms with Gasteiger partial charge in [-0.15, -0.1) is 0 Å². The molecule has 1 aromatic carbocycles. The number of rotatable bonds is 8. The lowest BCUT2D eigenvalue weighted by Gasteiger charge is -2.10. The Kier molecular flexibility index (Phi) is 7.10. The fourth-order valence-electron chi connectivity index (χ4n) is 2.27. The Morgan fingerprint density at radius 2 is 1.64 bits per heavy atom. The van der Waals surface area contributed by atoms with Crippen molar-refractivity contribution in [3.63, 3.8) is 0 Å². The fourth-order valence-corrected chi connectivity index (χ4v) is 2.27. The summed E-state index contributed by atoms with van der Waals surface area (Å²) in [5.41, 5.74) is 1.77. The second-order valence-electron chi connectivity index (χ2n) is 6.04. The van der Waals surface area contributed by atoms with Crippen molar-refractivity contribution in [1.29, 1.82) is 0 Å². The molecule has 132 valence electrons. The molecule has 0 unspecified atom stereocenters. The highest BCUT2D eigenvalue weighted by molar-refractivity contribution is 5.99. The molecule has 2 rings (SSSR count). The zero-order valence-corrected chi connectivity index (χ0v) is 14.7. The number of hydrogen-bond acceptors (Lipinski definition) is 4. The summed E-state index contributed by atoms with van der Waals surface area (Å²) in [5, 5.41) is 5.67. The first-order valence-corrected chi connectivity index (χ1v) is 8.26. The number of amides is 2. The van der Waals surface area contributed by atoms with Crippen molar-refractivity contribution in [2.24, 2.45) is 0 Å². The van der Waals surface area contributed by atoms with Crippen LogP contribution in [-0.4, -0.2) is 48.9 Å². The molecule has 0 fully saturated rings. The minimum Gasteiger partial charge on any atom is -0.352 e. The lowest BCUT2D eigenvalue weighted by Crippen LogP contribution is -2.28. The lowest BCUT2D eigenvalue weighted by atomic mass is 10.1. The third-order valence-electron chi connectivity index (χ3n) is 3.63. The van der Waals surface area contributed by atoms with Crippen LogP contribution in [-0.2, 0) is 6.54 Å². The van der Waals surface area contributed by atoms with E-state index in [0.717, 1.165) is 18.5 Å². The number of nitrogens with zero attached hydrogens (tertiary/aromatic N) is 2. The molecule has 25 heavy (non-hydrogen) atoms. The van der Waals surface area contributed by atoms with Crippen molar-refractivity contribution < 1.29 is 9.59 Å². The Hall–Kier alpha value is -2.73. The van der Waals surface area contributed by atoms with Crippen molar-refractivity contribution in [2.75, 3.05) is 27.2 Å². The summed E-state index contributed by atoms with van der Waals surface area (Å²) < 4.78 is 0. The summed E-state index contributed by atoms with van der Waals surface area (Å²) in [6, 6.07) is 11.2. The smallest absolute Gasteiger partial charge is 0.253 e. The van der Waals surface area contributed by atoms with Crippen LogP contribution in [0.2, 0.25) is 0 Å². The van der Waals surface area contributed by atoms with E-state index < -0.39 is 0 Å². The largest absolute Gasteiger partial charge is 0.352 e. The second-order valence-corrected chi connectivity index (χ2v) is 6.04. The molecule has 2 amide bonds. The number of benzene rings is 1. The molecule has 2 N–H and O–H groups in total. The first-order valence-electron chi connectivity index (χ1n) is 8.26. The molecule has 1 heterocycles. The molecule has 2 aromatic rings. The Morgan fingerprint density at radius 1 is 1.00 bits per heavy atom. The predicted octanol–water partition coefficient (Wildman–Crippen LogP) is 1.69. The standard InChI is InChI=1S/C19H24N4O2/c1-23(2)10-6-9-21-18(24)16-11-17(14-20-13-16)19(25)22-12-15-7-4-3-5-8-15/h3-5,7-8,11,13-14H,6,9-10,12H2,1-2H3,(H,21,24)(H,22,25). The molecule has 6 heteroatoms. The molecule has 1 aromatic heterocycles. The van der Waals surface area contributed by atoms with Crippen molar-refractivity contribution in [1.82, 2.24) is 20.5 Å². The number of nitrogens with one attached hydrogen (secondary N) is 2. The summed E-state index contributed by atoms with van der Waals surface area (Å²) in [6.07, 6.45) is 3.79. The zero-order valence-electron chi connectivity index (χ0n) is 14.7. The molecule has 0 aliphatic heterocycles. The normalized spacial score (nSPS) is 10.5. The van der Waals surface area contributed by atoms with E-state index in [-0.39, 0.29) is 11.8 Å². The molecule has 6 nitrogen and oxygen atoms in total. The van der Waals surface area contributed by atoms with Gasteiger partial charge in [-0.25, -0.2) is 0 Å². The van der Waals surface area contributed by atoms with E-state index in [1.165, 1.54) is 12.4 Å². The number of aromatic nitrogens is 1. The maximum atomic E-state index is 12.2.